The molecule has 1 atom stereocenters. The molecular formula is C5H8ClNO2. The normalized spacial score (nSPS) is 23.3. The van der Waals surface area contributed by atoms with E-state index in [1.165, 1.54) is 0 Å². The molecule has 9 heavy (non-hydrogen) atoms. The SMILES string of the molecule is Cl.O=C(O)[C@@H]1CCC=N1. The lowest BCUT2D eigenvalue weighted by molar-refractivity contribution is -0.138. The number of carboxylic acid groups (broad SMARTS) is 1. The zero-order chi connectivity index (χ0) is 5.98. The summed E-state index contributed by atoms with van der Waals surface area (Å²) in [5, 5.41) is 8.30. The molecule has 0 bridgehead atoms. The standard InChI is InChI=1S/C5H7NO2.ClH/c7-5(8)4-2-1-3-6-4;/h3-4H,1-2H2,(H,7,8);1H/t4-;/m0./s1. The molecule has 1 heterocycles. The molecule has 0 aliphatic carbocycles. The first kappa shape index (κ1) is 8.43. The molecule has 1 aliphatic rings. The Labute approximate surface area is 59.2 Å². The first-order valence-corrected chi connectivity index (χ1v) is 2.55. The van der Waals surface area contributed by atoms with Crippen LogP contribution in [0.25, 0.3) is 0 Å². The van der Waals surface area contributed by atoms with E-state index in [1.807, 2.05) is 0 Å². The van der Waals surface area contributed by atoms with Crippen LogP contribution in [0.3, 0.4) is 0 Å². The number of carboxylic acids is 1. The summed E-state index contributed by atoms with van der Waals surface area (Å²) in [6.45, 7) is 0. The third-order valence-corrected chi connectivity index (χ3v) is 1.14. The van der Waals surface area contributed by atoms with Crippen molar-refractivity contribution in [2.75, 3.05) is 0 Å². The van der Waals surface area contributed by atoms with Crippen molar-refractivity contribution in [3.05, 3.63) is 0 Å². The summed E-state index contributed by atoms with van der Waals surface area (Å²) in [6.07, 6.45) is 3.16. The molecule has 1 rings (SSSR count). The highest BCUT2D eigenvalue weighted by Gasteiger charge is 2.17. The summed E-state index contributed by atoms with van der Waals surface area (Å²) in [5.74, 6) is -0.807. The van der Waals surface area contributed by atoms with Gasteiger partial charge in [0.2, 0.25) is 0 Å². The van der Waals surface area contributed by atoms with Crippen LogP contribution in [0.4, 0.5) is 0 Å². The molecule has 0 unspecified atom stereocenters. The molecule has 0 spiro atoms. The fraction of sp³-hybridized carbons (Fsp3) is 0.600. The lowest BCUT2D eigenvalue weighted by Gasteiger charge is -1.94. The van der Waals surface area contributed by atoms with Crippen LogP contribution < -0.4 is 0 Å². The molecule has 0 aromatic heterocycles. The zero-order valence-corrected chi connectivity index (χ0v) is 5.60. The van der Waals surface area contributed by atoms with Crippen molar-refractivity contribution in [1.82, 2.24) is 0 Å². The molecule has 0 amide bonds. The smallest absolute Gasteiger partial charge is 0.328 e. The number of hydrogen-bond donors (Lipinski definition) is 1. The molecule has 0 aromatic carbocycles. The Balaban J connectivity index is 0.000000640. The Morgan fingerprint density at radius 2 is 2.44 bits per heavy atom. The average molecular weight is 150 g/mol. The van der Waals surface area contributed by atoms with Crippen molar-refractivity contribution >= 4 is 24.6 Å². The van der Waals surface area contributed by atoms with E-state index in [0.717, 1.165) is 6.42 Å². The minimum atomic E-state index is -0.807. The number of hydrogen-bond acceptors (Lipinski definition) is 2. The highest BCUT2D eigenvalue weighted by atomic mass is 35.5. The van der Waals surface area contributed by atoms with Gasteiger partial charge in [0.15, 0.2) is 0 Å². The second-order valence-corrected chi connectivity index (χ2v) is 1.76. The maximum absolute atomic E-state index is 10.1. The maximum atomic E-state index is 10.1. The van der Waals surface area contributed by atoms with Crippen LogP contribution in [0.5, 0.6) is 0 Å². The molecule has 0 saturated carbocycles. The van der Waals surface area contributed by atoms with Crippen LogP contribution in [-0.2, 0) is 4.79 Å². The van der Waals surface area contributed by atoms with E-state index in [1.54, 1.807) is 6.21 Å². The summed E-state index contributed by atoms with van der Waals surface area (Å²) in [6, 6.07) is -0.449. The molecule has 1 aliphatic heterocycles. The molecule has 0 saturated heterocycles. The lowest BCUT2D eigenvalue weighted by Crippen LogP contribution is -2.13. The predicted molar refractivity (Wildman–Crippen MR) is 36.4 cm³/mol. The Hall–Kier alpha value is -0.570. The molecule has 3 nitrogen and oxygen atoms in total. The van der Waals surface area contributed by atoms with E-state index < -0.39 is 12.0 Å². The van der Waals surface area contributed by atoms with Gasteiger partial charge < -0.3 is 5.11 Å². The zero-order valence-electron chi connectivity index (χ0n) is 4.78. The van der Waals surface area contributed by atoms with Gasteiger partial charge in [-0.1, -0.05) is 0 Å². The van der Waals surface area contributed by atoms with E-state index in [4.69, 9.17) is 5.11 Å². The van der Waals surface area contributed by atoms with Gasteiger partial charge in [-0.05, 0) is 19.1 Å². The summed E-state index contributed by atoms with van der Waals surface area (Å²) >= 11 is 0. The molecule has 0 fully saturated rings. The summed E-state index contributed by atoms with van der Waals surface area (Å²) in [4.78, 5) is 13.8. The van der Waals surface area contributed by atoms with Gasteiger partial charge in [0.1, 0.15) is 6.04 Å². The topological polar surface area (TPSA) is 49.7 Å². The van der Waals surface area contributed by atoms with Gasteiger partial charge in [0, 0.05) is 0 Å². The molecule has 52 valence electrons. The van der Waals surface area contributed by atoms with Crippen LogP contribution in [0, 0.1) is 0 Å². The van der Waals surface area contributed by atoms with Gasteiger partial charge in [-0.2, -0.15) is 0 Å². The Morgan fingerprint density at radius 1 is 1.78 bits per heavy atom. The number of aliphatic imine (C=N–C) groups is 1. The molecule has 1 N–H and O–H groups in total. The second-order valence-electron chi connectivity index (χ2n) is 1.76. The summed E-state index contributed by atoms with van der Waals surface area (Å²) in [7, 11) is 0. The summed E-state index contributed by atoms with van der Waals surface area (Å²) in [5.41, 5.74) is 0. The second kappa shape index (κ2) is 3.45. The third-order valence-electron chi connectivity index (χ3n) is 1.14. The number of aliphatic carboxylic acids is 1. The first-order valence-electron chi connectivity index (χ1n) is 2.55. The van der Waals surface area contributed by atoms with Crippen LogP contribution >= 0.6 is 12.4 Å². The van der Waals surface area contributed by atoms with Gasteiger partial charge in [0.05, 0.1) is 0 Å². The molecule has 0 radical (unpaired) electrons. The van der Waals surface area contributed by atoms with Crippen molar-refractivity contribution in [2.24, 2.45) is 4.99 Å². The fourth-order valence-electron chi connectivity index (χ4n) is 0.696. The lowest BCUT2D eigenvalue weighted by atomic mass is 10.2. The van der Waals surface area contributed by atoms with Crippen molar-refractivity contribution in [3.8, 4) is 0 Å². The minimum Gasteiger partial charge on any atom is -0.480 e. The Kier molecular flexibility index (Phi) is 3.24. The van der Waals surface area contributed by atoms with E-state index in [2.05, 4.69) is 4.99 Å². The number of halogens is 1. The van der Waals surface area contributed by atoms with E-state index in [0.29, 0.717) is 6.42 Å². The van der Waals surface area contributed by atoms with Crippen LogP contribution in [0.15, 0.2) is 4.99 Å². The van der Waals surface area contributed by atoms with Gasteiger partial charge in [-0.25, -0.2) is 4.79 Å². The number of nitrogens with zero attached hydrogens (tertiary/aromatic N) is 1. The van der Waals surface area contributed by atoms with Gasteiger partial charge in [0.25, 0.3) is 0 Å². The van der Waals surface area contributed by atoms with Crippen molar-refractivity contribution < 1.29 is 9.90 Å². The van der Waals surface area contributed by atoms with Gasteiger partial charge >= 0.3 is 5.97 Å². The highest BCUT2D eigenvalue weighted by Crippen LogP contribution is 2.06. The monoisotopic (exact) mass is 149 g/mol. The summed E-state index contributed by atoms with van der Waals surface area (Å²) < 4.78 is 0. The molecule has 0 aromatic rings. The predicted octanol–water partition coefficient (Wildman–Crippen LogP) is 0.726. The third kappa shape index (κ3) is 2.01. The van der Waals surface area contributed by atoms with E-state index >= 15 is 0 Å². The maximum Gasteiger partial charge on any atom is 0.328 e. The first-order chi connectivity index (χ1) is 3.80. The van der Waals surface area contributed by atoms with Crippen LogP contribution in [-0.4, -0.2) is 23.3 Å². The Bertz CT molecular complexity index is 135. The Morgan fingerprint density at radius 3 is 2.67 bits per heavy atom. The minimum absolute atomic E-state index is 0. The highest BCUT2D eigenvalue weighted by molar-refractivity contribution is 5.85. The van der Waals surface area contributed by atoms with E-state index in [-0.39, 0.29) is 12.4 Å². The van der Waals surface area contributed by atoms with Gasteiger partial charge in [-0.3, -0.25) is 4.99 Å². The number of carbonyl (C=O) groups is 1. The molecular weight excluding hydrogens is 142 g/mol. The van der Waals surface area contributed by atoms with Crippen molar-refractivity contribution in [1.29, 1.82) is 0 Å². The van der Waals surface area contributed by atoms with Crippen LogP contribution in [0.1, 0.15) is 12.8 Å². The van der Waals surface area contributed by atoms with E-state index in [9.17, 15) is 4.79 Å². The van der Waals surface area contributed by atoms with Gasteiger partial charge in [-0.15, -0.1) is 12.4 Å². The molecule has 4 heteroatoms. The number of rotatable bonds is 1. The van der Waals surface area contributed by atoms with Crippen molar-refractivity contribution in [2.45, 2.75) is 18.9 Å². The quantitative estimate of drug-likeness (QED) is 0.598. The average Bonchev–Trinajstić information content (AvgIpc) is 2.12. The fourth-order valence-corrected chi connectivity index (χ4v) is 0.696. The van der Waals surface area contributed by atoms with Crippen molar-refractivity contribution in [3.63, 3.8) is 0 Å². The largest absolute Gasteiger partial charge is 0.480 e. The van der Waals surface area contributed by atoms with Crippen LogP contribution in [0.2, 0.25) is 0 Å².